The fraction of sp³-hybridized carbons (Fsp3) is 0.118. The van der Waals surface area contributed by atoms with Gasteiger partial charge in [0.05, 0.1) is 26.6 Å². The lowest BCUT2D eigenvalue weighted by Gasteiger charge is -2.12. The summed E-state index contributed by atoms with van der Waals surface area (Å²) < 4.78 is 6.41. The summed E-state index contributed by atoms with van der Waals surface area (Å²) in [6.45, 7) is 1.59. The summed E-state index contributed by atoms with van der Waals surface area (Å²) in [5.74, 6) is -0.0703. The summed E-state index contributed by atoms with van der Waals surface area (Å²) in [4.78, 5) is 20.5. The molecular weight excluding hydrogens is 429 g/mol. The van der Waals surface area contributed by atoms with E-state index < -0.39 is 5.91 Å². The molecule has 3 rings (SSSR count). The van der Waals surface area contributed by atoms with Gasteiger partial charge in [-0.3, -0.25) is 4.79 Å². The summed E-state index contributed by atoms with van der Waals surface area (Å²) in [5.41, 5.74) is 1.90. The molecule has 0 saturated heterocycles. The normalized spacial score (nSPS) is 10.7. The number of hydrogen-bond acceptors (Lipinski definition) is 4. The summed E-state index contributed by atoms with van der Waals surface area (Å²) >= 11 is 15.7. The molecule has 3 aromatic rings. The number of aromatic nitrogens is 2. The van der Waals surface area contributed by atoms with Gasteiger partial charge in [0.15, 0.2) is 6.61 Å². The Kier molecular flexibility index (Phi) is 5.42. The molecule has 0 aliphatic carbocycles. The molecule has 25 heavy (non-hydrogen) atoms. The second-order valence-corrected chi connectivity index (χ2v) is 6.93. The molecule has 0 saturated carbocycles. The number of anilines is 1. The lowest BCUT2D eigenvalue weighted by Crippen LogP contribution is -2.21. The number of carbonyl (C=O) groups is 1. The summed E-state index contributed by atoms with van der Waals surface area (Å²) in [6, 6.07) is 8.99. The monoisotopic (exact) mass is 439 g/mol. The molecule has 128 valence electrons. The Morgan fingerprint density at radius 3 is 2.84 bits per heavy atom. The third-order valence-electron chi connectivity index (χ3n) is 3.45. The standard InChI is InChI=1S/C17H12BrCl2N3O2/c1-9-2-4-12(19)16(15(9)20)23-14(24)7-25-17-11-6-10(18)3-5-13(11)21-8-22-17/h2-6,8H,7H2,1H3,(H,23,24). The van der Waals surface area contributed by atoms with Crippen LogP contribution in [0.5, 0.6) is 5.88 Å². The maximum absolute atomic E-state index is 12.2. The van der Waals surface area contributed by atoms with E-state index in [9.17, 15) is 4.79 Å². The van der Waals surface area contributed by atoms with E-state index in [2.05, 4.69) is 31.2 Å². The van der Waals surface area contributed by atoms with Crippen molar-refractivity contribution >= 4 is 61.6 Å². The predicted octanol–water partition coefficient (Wildman–Crippen LogP) is 5.03. The average Bonchev–Trinajstić information content (AvgIpc) is 2.60. The quantitative estimate of drug-likeness (QED) is 0.618. The zero-order valence-corrected chi connectivity index (χ0v) is 16.1. The van der Waals surface area contributed by atoms with E-state index >= 15 is 0 Å². The van der Waals surface area contributed by atoms with Crippen LogP contribution in [0.3, 0.4) is 0 Å². The van der Waals surface area contributed by atoms with Crippen molar-refractivity contribution in [2.24, 2.45) is 0 Å². The number of nitrogens with zero attached hydrogens (tertiary/aromatic N) is 2. The van der Waals surface area contributed by atoms with Crippen molar-refractivity contribution in [1.29, 1.82) is 0 Å². The lowest BCUT2D eigenvalue weighted by atomic mass is 10.2. The Morgan fingerprint density at radius 2 is 2.04 bits per heavy atom. The first-order valence-electron chi connectivity index (χ1n) is 7.23. The van der Waals surface area contributed by atoms with Gasteiger partial charge in [-0.05, 0) is 36.8 Å². The van der Waals surface area contributed by atoms with Gasteiger partial charge in [-0.2, -0.15) is 0 Å². The molecule has 1 amide bonds. The van der Waals surface area contributed by atoms with E-state index in [0.717, 1.165) is 15.6 Å². The van der Waals surface area contributed by atoms with Crippen LogP contribution in [0.2, 0.25) is 10.0 Å². The van der Waals surface area contributed by atoms with Crippen LogP contribution in [0.1, 0.15) is 5.56 Å². The van der Waals surface area contributed by atoms with Crippen molar-refractivity contribution < 1.29 is 9.53 Å². The van der Waals surface area contributed by atoms with Crippen molar-refractivity contribution in [1.82, 2.24) is 9.97 Å². The van der Waals surface area contributed by atoms with Crippen molar-refractivity contribution in [3.05, 3.63) is 56.7 Å². The maximum Gasteiger partial charge on any atom is 0.262 e. The van der Waals surface area contributed by atoms with Crippen LogP contribution < -0.4 is 10.1 Å². The van der Waals surface area contributed by atoms with Gasteiger partial charge in [0.1, 0.15) is 6.33 Å². The minimum Gasteiger partial charge on any atom is -0.467 e. The number of halogens is 3. The number of carbonyl (C=O) groups excluding carboxylic acids is 1. The van der Waals surface area contributed by atoms with Crippen molar-refractivity contribution in [3.63, 3.8) is 0 Å². The molecule has 1 N–H and O–H groups in total. The second kappa shape index (κ2) is 7.56. The summed E-state index contributed by atoms with van der Waals surface area (Å²) in [6.07, 6.45) is 1.39. The third-order valence-corrected chi connectivity index (χ3v) is 4.74. The van der Waals surface area contributed by atoms with E-state index in [1.165, 1.54) is 6.33 Å². The van der Waals surface area contributed by atoms with Gasteiger partial charge in [0, 0.05) is 4.47 Å². The summed E-state index contributed by atoms with van der Waals surface area (Å²) in [5, 5.41) is 4.14. The Bertz CT molecular complexity index is 966. The molecule has 5 nitrogen and oxygen atoms in total. The van der Waals surface area contributed by atoms with Crippen LogP contribution in [0.25, 0.3) is 10.9 Å². The molecular formula is C17H12BrCl2N3O2. The van der Waals surface area contributed by atoms with Gasteiger partial charge in [0.25, 0.3) is 5.91 Å². The van der Waals surface area contributed by atoms with Gasteiger partial charge in [0.2, 0.25) is 5.88 Å². The number of nitrogens with one attached hydrogen (secondary N) is 1. The molecule has 2 aromatic carbocycles. The lowest BCUT2D eigenvalue weighted by molar-refractivity contribution is -0.118. The van der Waals surface area contributed by atoms with Crippen LogP contribution in [-0.2, 0) is 4.79 Å². The Hall–Kier alpha value is -1.89. The first kappa shape index (κ1) is 17.9. The number of amides is 1. The number of rotatable bonds is 4. The first-order chi connectivity index (χ1) is 12.0. The highest BCUT2D eigenvalue weighted by atomic mass is 79.9. The largest absolute Gasteiger partial charge is 0.467 e. The first-order valence-corrected chi connectivity index (χ1v) is 8.78. The molecule has 0 bridgehead atoms. The molecule has 0 atom stereocenters. The molecule has 0 unspecified atom stereocenters. The molecule has 0 spiro atoms. The number of aryl methyl sites for hydroxylation is 1. The average molecular weight is 441 g/mol. The molecule has 0 fully saturated rings. The van der Waals surface area contributed by atoms with Gasteiger partial charge in [-0.15, -0.1) is 0 Å². The smallest absolute Gasteiger partial charge is 0.262 e. The SMILES string of the molecule is Cc1ccc(Cl)c(NC(=O)COc2ncnc3ccc(Br)cc23)c1Cl. The van der Waals surface area contributed by atoms with Crippen molar-refractivity contribution in [2.75, 3.05) is 11.9 Å². The zero-order chi connectivity index (χ0) is 18.0. The predicted molar refractivity (Wildman–Crippen MR) is 103 cm³/mol. The van der Waals surface area contributed by atoms with Crippen LogP contribution in [0, 0.1) is 6.92 Å². The summed E-state index contributed by atoms with van der Waals surface area (Å²) in [7, 11) is 0. The minimum absolute atomic E-state index is 0.237. The van der Waals surface area contributed by atoms with E-state index in [1.807, 2.05) is 25.1 Å². The van der Waals surface area contributed by atoms with E-state index in [4.69, 9.17) is 27.9 Å². The molecule has 0 aliphatic heterocycles. The molecule has 1 aromatic heterocycles. The Balaban J connectivity index is 1.76. The highest BCUT2D eigenvalue weighted by Gasteiger charge is 2.13. The third kappa shape index (κ3) is 4.03. The Morgan fingerprint density at radius 1 is 1.24 bits per heavy atom. The highest BCUT2D eigenvalue weighted by molar-refractivity contribution is 9.10. The van der Waals surface area contributed by atoms with Crippen LogP contribution in [-0.4, -0.2) is 22.5 Å². The molecule has 0 radical (unpaired) electrons. The van der Waals surface area contributed by atoms with Crippen molar-refractivity contribution in [2.45, 2.75) is 6.92 Å². The van der Waals surface area contributed by atoms with E-state index in [1.54, 1.807) is 12.1 Å². The number of hydrogen-bond donors (Lipinski definition) is 1. The zero-order valence-electron chi connectivity index (χ0n) is 13.0. The van der Waals surface area contributed by atoms with Gasteiger partial charge in [-0.1, -0.05) is 45.2 Å². The molecule has 0 aliphatic rings. The molecule has 1 heterocycles. The minimum atomic E-state index is -0.392. The van der Waals surface area contributed by atoms with Crippen LogP contribution >= 0.6 is 39.1 Å². The van der Waals surface area contributed by atoms with E-state index in [-0.39, 0.29) is 6.61 Å². The fourth-order valence-electron chi connectivity index (χ4n) is 2.20. The maximum atomic E-state index is 12.2. The number of benzene rings is 2. The molecule has 8 heteroatoms. The van der Waals surface area contributed by atoms with E-state index in [0.29, 0.717) is 27.0 Å². The number of ether oxygens (including phenoxy) is 1. The van der Waals surface area contributed by atoms with Gasteiger partial charge < -0.3 is 10.1 Å². The van der Waals surface area contributed by atoms with Crippen LogP contribution in [0.15, 0.2) is 41.1 Å². The van der Waals surface area contributed by atoms with Gasteiger partial charge >= 0.3 is 0 Å². The second-order valence-electron chi connectivity index (χ2n) is 5.23. The van der Waals surface area contributed by atoms with Crippen molar-refractivity contribution in [3.8, 4) is 5.88 Å². The number of fused-ring (bicyclic) bond motifs is 1. The fourth-order valence-corrected chi connectivity index (χ4v) is 3.03. The van der Waals surface area contributed by atoms with Gasteiger partial charge in [-0.25, -0.2) is 9.97 Å². The van der Waals surface area contributed by atoms with Crippen LogP contribution in [0.4, 0.5) is 5.69 Å². The highest BCUT2D eigenvalue weighted by Crippen LogP contribution is 2.33. The Labute approximate surface area is 162 Å². The topological polar surface area (TPSA) is 64.1 Å².